The van der Waals surface area contributed by atoms with Gasteiger partial charge in [-0.05, 0) is 75.5 Å². The molecule has 0 aromatic heterocycles. The van der Waals surface area contributed by atoms with Crippen molar-refractivity contribution >= 4 is 11.8 Å². The molecular weight excluding hydrogens is 426 g/mol. The third-order valence-corrected chi connectivity index (χ3v) is 11.0. The molecule has 0 aromatic rings. The van der Waals surface area contributed by atoms with Crippen LogP contribution in [0.4, 0.5) is 8.78 Å². The molecule has 1 radical (unpaired) electrons. The zero-order chi connectivity index (χ0) is 22.7. The van der Waals surface area contributed by atoms with Crippen molar-refractivity contribution in [3.8, 4) is 0 Å². The maximum absolute atomic E-state index is 15.8. The van der Waals surface area contributed by atoms with Crippen molar-refractivity contribution in [2.24, 2.45) is 23.7 Å². The largest absolute Gasteiger partial charge is 0.392 e. The van der Waals surface area contributed by atoms with E-state index in [0.717, 1.165) is 70.1 Å². The van der Waals surface area contributed by atoms with Crippen LogP contribution in [0.15, 0.2) is 0 Å². The van der Waals surface area contributed by atoms with E-state index in [9.17, 15) is 5.11 Å². The first-order valence-corrected chi connectivity index (χ1v) is 14.6. The van der Waals surface area contributed by atoms with Crippen LogP contribution < -0.4 is 0 Å². The fourth-order valence-electron chi connectivity index (χ4n) is 7.09. The summed E-state index contributed by atoms with van der Waals surface area (Å²) in [5, 5.41) is 10.8. The molecule has 9 unspecified atom stereocenters. The number of rotatable bonds is 9. The lowest BCUT2D eigenvalue weighted by atomic mass is 9.66. The molecule has 9 atom stereocenters. The predicted octanol–water partition coefficient (Wildman–Crippen LogP) is 7.08. The van der Waals surface area contributed by atoms with Crippen molar-refractivity contribution in [3.63, 3.8) is 0 Å². The Kier molecular flexibility index (Phi) is 9.23. The third kappa shape index (κ3) is 5.35. The molecule has 3 saturated carbocycles. The summed E-state index contributed by atoms with van der Waals surface area (Å²) < 4.78 is 37.2. The minimum Gasteiger partial charge on any atom is -0.392 e. The van der Waals surface area contributed by atoms with Gasteiger partial charge in [0.2, 0.25) is 0 Å². The average molecular weight is 472 g/mol. The summed E-state index contributed by atoms with van der Waals surface area (Å²) in [5.41, 5.74) is 0. The molecule has 0 amide bonds. The van der Waals surface area contributed by atoms with Crippen LogP contribution >= 0.6 is 11.8 Å². The van der Waals surface area contributed by atoms with E-state index in [1.165, 1.54) is 25.2 Å². The van der Waals surface area contributed by atoms with Gasteiger partial charge in [0.25, 0.3) is 0 Å². The molecule has 1 saturated heterocycles. The molecular formula is C27H45F2O2S. The highest BCUT2D eigenvalue weighted by molar-refractivity contribution is 8.00. The van der Waals surface area contributed by atoms with Crippen LogP contribution in [0.1, 0.15) is 97.3 Å². The van der Waals surface area contributed by atoms with E-state index in [0.29, 0.717) is 6.61 Å². The second-order valence-corrected chi connectivity index (χ2v) is 12.4. The Morgan fingerprint density at radius 3 is 2.28 bits per heavy atom. The predicted molar refractivity (Wildman–Crippen MR) is 129 cm³/mol. The molecule has 4 rings (SSSR count). The lowest BCUT2D eigenvalue weighted by Gasteiger charge is -2.42. The molecule has 0 aromatic carbocycles. The topological polar surface area (TPSA) is 29.5 Å². The number of hydrogen-bond acceptors (Lipinski definition) is 3. The van der Waals surface area contributed by atoms with Gasteiger partial charge in [-0.15, -0.1) is 11.8 Å². The molecule has 1 heterocycles. The van der Waals surface area contributed by atoms with Gasteiger partial charge in [-0.25, -0.2) is 8.78 Å². The molecule has 32 heavy (non-hydrogen) atoms. The smallest absolute Gasteiger partial charge is 0.138 e. The van der Waals surface area contributed by atoms with E-state index in [4.69, 9.17) is 4.74 Å². The van der Waals surface area contributed by atoms with Crippen molar-refractivity contribution in [2.45, 2.75) is 132 Å². The van der Waals surface area contributed by atoms with Crippen LogP contribution in [-0.4, -0.2) is 46.8 Å². The van der Waals surface area contributed by atoms with Crippen LogP contribution in [0, 0.1) is 29.6 Å². The number of aliphatic hydroxyl groups is 1. The van der Waals surface area contributed by atoms with Crippen LogP contribution in [0.25, 0.3) is 0 Å². The Labute approximate surface area is 199 Å². The number of fused-ring (bicyclic) bond motifs is 3. The molecule has 4 fully saturated rings. The first kappa shape index (κ1) is 25.2. The van der Waals surface area contributed by atoms with Crippen LogP contribution in [0.2, 0.25) is 0 Å². The summed E-state index contributed by atoms with van der Waals surface area (Å²) in [5.74, 6) is 2.21. The van der Waals surface area contributed by atoms with Gasteiger partial charge in [0.1, 0.15) is 12.3 Å². The number of thioether (sulfide) groups is 1. The summed E-state index contributed by atoms with van der Waals surface area (Å²) in [4.78, 5) is 0. The van der Waals surface area contributed by atoms with Crippen molar-refractivity contribution in [3.05, 3.63) is 5.92 Å². The number of alkyl halides is 2. The molecule has 3 aliphatic carbocycles. The number of unbranched alkanes of at least 4 members (excludes halogenated alkanes) is 3. The van der Waals surface area contributed by atoms with Crippen LogP contribution in [0.5, 0.6) is 0 Å². The highest BCUT2D eigenvalue weighted by atomic mass is 32.2. The standard InChI is InChI=1S/C27H45F2O2S/c1-3-5-6-7-16-31-22-15-14-20-19-12-13-21(23(28)26(19)32-27(20)24(22)29)25(30)18-10-8-17(4-2)9-11-18/h17,19-27,30H,3-16H2,1-2H3. The van der Waals surface area contributed by atoms with E-state index < -0.39 is 18.4 Å². The molecule has 1 N–H and O–H groups in total. The first-order chi connectivity index (χ1) is 15.5. The third-order valence-electron chi connectivity index (χ3n) is 9.20. The SMILES string of the molecule is CCCCCCOC1CCC2C3CCC(C(O)[C]4CCC(CC)CC4)C(F)C3SC2C1F. The maximum Gasteiger partial charge on any atom is 0.138 e. The Morgan fingerprint density at radius 1 is 0.906 bits per heavy atom. The average Bonchev–Trinajstić information content (AvgIpc) is 3.21. The molecule has 2 nitrogen and oxygen atoms in total. The zero-order valence-electron chi connectivity index (χ0n) is 20.2. The lowest BCUT2D eigenvalue weighted by Crippen LogP contribution is -2.46. The van der Waals surface area contributed by atoms with E-state index >= 15 is 8.78 Å². The molecule has 185 valence electrons. The minimum absolute atomic E-state index is 0.124. The van der Waals surface area contributed by atoms with E-state index in [2.05, 4.69) is 13.8 Å². The van der Waals surface area contributed by atoms with Gasteiger partial charge in [-0.3, -0.25) is 0 Å². The van der Waals surface area contributed by atoms with Crippen LogP contribution in [0.3, 0.4) is 0 Å². The maximum atomic E-state index is 15.8. The summed E-state index contributed by atoms with van der Waals surface area (Å²) >= 11 is 1.57. The van der Waals surface area contributed by atoms with E-state index in [1.54, 1.807) is 11.8 Å². The van der Waals surface area contributed by atoms with Gasteiger partial charge in [0, 0.05) is 28.9 Å². The van der Waals surface area contributed by atoms with Gasteiger partial charge in [0.05, 0.1) is 12.2 Å². The summed E-state index contributed by atoms with van der Waals surface area (Å²) in [7, 11) is 0. The van der Waals surface area contributed by atoms with Crippen molar-refractivity contribution in [1.82, 2.24) is 0 Å². The highest BCUT2D eigenvalue weighted by Crippen LogP contribution is 2.58. The van der Waals surface area contributed by atoms with Crippen molar-refractivity contribution in [2.75, 3.05) is 6.61 Å². The quantitative estimate of drug-likeness (QED) is 0.364. The molecule has 0 bridgehead atoms. The van der Waals surface area contributed by atoms with Gasteiger partial charge < -0.3 is 9.84 Å². The lowest BCUT2D eigenvalue weighted by molar-refractivity contribution is -0.0437. The monoisotopic (exact) mass is 471 g/mol. The number of hydrogen-bond donors (Lipinski definition) is 1. The zero-order valence-corrected chi connectivity index (χ0v) is 21.0. The summed E-state index contributed by atoms with van der Waals surface area (Å²) in [6, 6.07) is 0. The molecule has 0 spiro atoms. The van der Waals surface area contributed by atoms with E-state index in [-0.39, 0.29) is 34.4 Å². The molecule has 4 aliphatic rings. The second kappa shape index (κ2) is 11.7. The number of halogens is 2. The molecule has 1 aliphatic heterocycles. The van der Waals surface area contributed by atoms with Crippen molar-refractivity contribution in [1.29, 1.82) is 0 Å². The fraction of sp³-hybridized carbons (Fsp3) is 0.963. The Hall–Kier alpha value is 0.130. The Balaban J connectivity index is 1.31. The van der Waals surface area contributed by atoms with Crippen LogP contribution in [-0.2, 0) is 4.74 Å². The van der Waals surface area contributed by atoms with Gasteiger partial charge in [-0.2, -0.15) is 0 Å². The Bertz CT molecular complexity index is 570. The number of ether oxygens (including phenoxy) is 1. The fourth-order valence-corrected chi connectivity index (χ4v) is 9.21. The first-order valence-electron chi connectivity index (χ1n) is 13.6. The van der Waals surface area contributed by atoms with Crippen molar-refractivity contribution < 1.29 is 18.6 Å². The van der Waals surface area contributed by atoms with Gasteiger partial charge in [0.15, 0.2) is 0 Å². The van der Waals surface area contributed by atoms with E-state index in [1.807, 2.05) is 0 Å². The highest BCUT2D eigenvalue weighted by Gasteiger charge is 2.57. The summed E-state index contributed by atoms with van der Waals surface area (Å²) in [6.07, 6.45) is 10.5. The minimum atomic E-state index is -1.02. The number of aliphatic hydroxyl groups excluding tert-OH is 1. The normalized spacial score (nSPS) is 41.9. The Morgan fingerprint density at radius 2 is 1.59 bits per heavy atom. The second-order valence-electron chi connectivity index (χ2n) is 11.0. The summed E-state index contributed by atoms with van der Waals surface area (Å²) in [6.45, 7) is 5.08. The van der Waals surface area contributed by atoms with Gasteiger partial charge in [-0.1, -0.05) is 39.5 Å². The van der Waals surface area contributed by atoms with Gasteiger partial charge >= 0.3 is 0 Å². The molecule has 5 heteroatoms.